The molecule has 4 rings (SSSR count). The van der Waals surface area contributed by atoms with Gasteiger partial charge in [-0.1, -0.05) is 91.0 Å². The summed E-state index contributed by atoms with van der Waals surface area (Å²) in [5, 5.41) is 10.5. The summed E-state index contributed by atoms with van der Waals surface area (Å²) in [5.74, 6) is 0. The van der Waals surface area contributed by atoms with Crippen molar-refractivity contribution in [1.29, 1.82) is 0 Å². The van der Waals surface area contributed by atoms with Crippen molar-refractivity contribution >= 4 is 0 Å². The van der Waals surface area contributed by atoms with E-state index in [0.29, 0.717) is 26.4 Å². The fourth-order valence-corrected chi connectivity index (χ4v) is 3.62. The molecule has 0 bridgehead atoms. The maximum absolute atomic E-state index is 10.5. The van der Waals surface area contributed by atoms with Gasteiger partial charge >= 0.3 is 0 Å². The number of rotatable bonds is 10. The fraction of sp³-hybridized carbons (Fsp3) is 0.308. The number of aliphatic hydroxyl groups excluding tert-OH is 1. The van der Waals surface area contributed by atoms with Crippen molar-refractivity contribution in [1.82, 2.24) is 0 Å². The van der Waals surface area contributed by atoms with Gasteiger partial charge in [-0.05, 0) is 16.7 Å². The molecule has 162 valence electrons. The lowest BCUT2D eigenvalue weighted by atomic mass is 10.1. The molecule has 1 N–H and O–H groups in total. The van der Waals surface area contributed by atoms with Crippen molar-refractivity contribution in [2.75, 3.05) is 6.61 Å². The van der Waals surface area contributed by atoms with Gasteiger partial charge in [0, 0.05) is 0 Å². The molecule has 0 amide bonds. The number of benzene rings is 3. The summed E-state index contributed by atoms with van der Waals surface area (Å²) in [7, 11) is 0. The van der Waals surface area contributed by atoms with Crippen LogP contribution in [0.2, 0.25) is 0 Å². The van der Waals surface area contributed by atoms with Crippen molar-refractivity contribution in [2.24, 2.45) is 0 Å². The van der Waals surface area contributed by atoms with Gasteiger partial charge in [0.05, 0.1) is 26.4 Å². The second-order valence-electron chi connectivity index (χ2n) is 7.59. The molecule has 0 saturated carbocycles. The van der Waals surface area contributed by atoms with Gasteiger partial charge in [0.25, 0.3) is 0 Å². The molecule has 1 fully saturated rings. The van der Waals surface area contributed by atoms with Gasteiger partial charge in [-0.2, -0.15) is 0 Å². The van der Waals surface area contributed by atoms with Gasteiger partial charge < -0.3 is 24.1 Å². The van der Waals surface area contributed by atoms with Gasteiger partial charge in [-0.25, -0.2) is 0 Å². The first-order chi connectivity index (χ1) is 15.3. The van der Waals surface area contributed by atoms with Crippen LogP contribution in [-0.2, 0) is 38.8 Å². The molecular weight excluding hydrogens is 392 g/mol. The van der Waals surface area contributed by atoms with Crippen LogP contribution in [-0.4, -0.2) is 36.3 Å². The highest BCUT2D eigenvalue weighted by atomic mass is 16.7. The summed E-state index contributed by atoms with van der Waals surface area (Å²) < 4.78 is 23.9. The lowest BCUT2D eigenvalue weighted by molar-refractivity contribution is -0.153. The molecule has 1 aliphatic heterocycles. The molecule has 31 heavy (non-hydrogen) atoms. The molecule has 0 aliphatic carbocycles. The molecule has 3 aromatic carbocycles. The van der Waals surface area contributed by atoms with Crippen molar-refractivity contribution < 1.29 is 24.1 Å². The van der Waals surface area contributed by atoms with Gasteiger partial charge in [0.2, 0.25) is 0 Å². The number of aliphatic hydroxyl groups is 1. The second kappa shape index (κ2) is 11.2. The van der Waals surface area contributed by atoms with E-state index >= 15 is 0 Å². The molecule has 4 atom stereocenters. The highest BCUT2D eigenvalue weighted by molar-refractivity contribution is 5.15. The van der Waals surface area contributed by atoms with E-state index in [9.17, 15) is 5.11 Å². The predicted molar refractivity (Wildman–Crippen MR) is 117 cm³/mol. The van der Waals surface area contributed by atoms with Gasteiger partial charge in [0.1, 0.15) is 18.3 Å². The largest absolute Gasteiger partial charge is 0.374 e. The summed E-state index contributed by atoms with van der Waals surface area (Å²) in [6.07, 6.45) is -2.55. The van der Waals surface area contributed by atoms with E-state index in [1.54, 1.807) is 0 Å². The standard InChI is InChI=1S/C26H28O5/c27-26-25(30-18-22-14-8-3-9-15-22)24(29-17-21-12-6-2-7-13-21)23(31-26)19-28-16-20-10-4-1-5-11-20/h1-15,23-27H,16-19H2/t23-,24+,25?,26+/m1/s1. The zero-order valence-electron chi connectivity index (χ0n) is 17.4. The van der Waals surface area contributed by atoms with Crippen LogP contribution < -0.4 is 0 Å². The van der Waals surface area contributed by atoms with E-state index in [1.807, 2.05) is 91.0 Å². The molecule has 1 unspecified atom stereocenters. The highest BCUT2D eigenvalue weighted by Crippen LogP contribution is 2.28. The maximum atomic E-state index is 10.5. The molecule has 0 radical (unpaired) electrons. The first-order valence-electron chi connectivity index (χ1n) is 10.6. The fourth-order valence-electron chi connectivity index (χ4n) is 3.62. The molecule has 3 aromatic rings. The normalized spacial score (nSPS) is 23.1. The maximum Gasteiger partial charge on any atom is 0.184 e. The van der Waals surface area contributed by atoms with Crippen LogP contribution in [0.5, 0.6) is 0 Å². The van der Waals surface area contributed by atoms with Crippen LogP contribution in [0.1, 0.15) is 16.7 Å². The van der Waals surface area contributed by atoms with Crippen LogP contribution in [0.4, 0.5) is 0 Å². The van der Waals surface area contributed by atoms with Crippen molar-refractivity contribution in [3.63, 3.8) is 0 Å². The third-order valence-electron chi connectivity index (χ3n) is 5.25. The van der Waals surface area contributed by atoms with E-state index in [1.165, 1.54) is 0 Å². The van der Waals surface area contributed by atoms with Gasteiger partial charge in [-0.15, -0.1) is 0 Å². The summed E-state index contributed by atoms with van der Waals surface area (Å²) >= 11 is 0. The Hall–Kier alpha value is -2.54. The van der Waals surface area contributed by atoms with E-state index in [0.717, 1.165) is 16.7 Å². The zero-order chi connectivity index (χ0) is 21.3. The average Bonchev–Trinajstić information content (AvgIpc) is 3.12. The quantitative estimate of drug-likeness (QED) is 0.535. The summed E-state index contributed by atoms with van der Waals surface area (Å²) in [4.78, 5) is 0. The summed E-state index contributed by atoms with van der Waals surface area (Å²) in [6, 6.07) is 29.8. The van der Waals surface area contributed by atoms with Crippen molar-refractivity contribution in [3.8, 4) is 0 Å². The first-order valence-corrected chi connectivity index (χ1v) is 10.6. The van der Waals surface area contributed by atoms with Gasteiger partial charge in [0.15, 0.2) is 6.29 Å². The Morgan fingerprint density at radius 2 is 1.06 bits per heavy atom. The summed E-state index contributed by atoms with van der Waals surface area (Å²) in [5.41, 5.74) is 3.16. The minimum atomic E-state index is -1.07. The third kappa shape index (κ3) is 6.23. The second-order valence-corrected chi connectivity index (χ2v) is 7.59. The van der Waals surface area contributed by atoms with Gasteiger partial charge in [-0.3, -0.25) is 0 Å². The Labute approximate surface area is 183 Å². The monoisotopic (exact) mass is 420 g/mol. The Morgan fingerprint density at radius 3 is 1.58 bits per heavy atom. The molecule has 0 spiro atoms. The van der Waals surface area contributed by atoms with Crippen LogP contribution in [0.15, 0.2) is 91.0 Å². The molecule has 5 heteroatoms. The molecule has 0 aromatic heterocycles. The van der Waals surface area contributed by atoms with E-state index in [2.05, 4.69) is 0 Å². The Morgan fingerprint density at radius 1 is 0.613 bits per heavy atom. The molecular formula is C26H28O5. The van der Waals surface area contributed by atoms with E-state index < -0.39 is 24.6 Å². The van der Waals surface area contributed by atoms with Crippen LogP contribution >= 0.6 is 0 Å². The predicted octanol–water partition coefficient (Wildman–Crippen LogP) is 4.09. The van der Waals surface area contributed by atoms with Crippen LogP contribution in [0.3, 0.4) is 0 Å². The highest BCUT2D eigenvalue weighted by Gasteiger charge is 2.45. The number of hydrogen-bond acceptors (Lipinski definition) is 5. The smallest absolute Gasteiger partial charge is 0.184 e. The minimum Gasteiger partial charge on any atom is -0.374 e. The van der Waals surface area contributed by atoms with Crippen LogP contribution in [0, 0.1) is 0 Å². The lowest BCUT2D eigenvalue weighted by Crippen LogP contribution is -2.39. The number of ether oxygens (including phenoxy) is 4. The Kier molecular flexibility index (Phi) is 7.82. The first kappa shape index (κ1) is 21.7. The van der Waals surface area contributed by atoms with E-state index in [-0.39, 0.29) is 0 Å². The third-order valence-corrected chi connectivity index (χ3v) is 5.25. The van der Waals surface area contributed by atoms with Crippen LogP contribution in [0.25, 0.3) is 0 Å². The van der Waals surface area contributed by atoms with E-state index in [4.69, 9.17) is 18.9 Å². The Balaban J connectivity index is 1.39. The summed E-state index contributed by atoms with van der Waals surface area (Å²) in [6.45, 7) is 1.55. The molecule has 1 heterocycles. The topological polar surface area (TPSA) is 57.2 Å². The SMILES string of the molecule is O[C@H]1O[C@H](COCc2ccccc2)[C@H](OCc2ccccc2)C1OCc1ccccc1. The molecule has 5 nitrogen and oxygen atoms in total. The number of hydrogen-bond donors (Lipinski definition) is 1. The van der Waals surface area contributed by atoms with Crippen molar-refractivity contribution in [2.45, 2.75) is 44.4 Å². The minimum absolute atomic E-state index is 0.302. The molecule has 1 saturated heterocycles. The lowest BCUT2D eigenvalue weighted by Gasteiger charge is -2.24. The average molecular weight is 421 g/mol. The Bertz CT molecular complexity index is 887. The van der Waals surface area contributed by atoms with Crippen molar-refractivity contribution in [3.05, 3.63) is 108 Å². The molecule has 1 aliphatic rings. The zero-order valence-corrected chi connectivity index (χ0v) is 17.4.